The van der Waals surface area contributed by atoms with Crippen molar-refractivity contribution in [2.45, 2.75) is 0 Å². The Balaban J connectivity index is 2.97. The van der Waals surface area contributed by atoms with Crippen molar-refractivity contribution in [1.82, 2.24) is 0 Å². The second-order valence-corrected chi connectivity index (χ2v) is 3.14. The van der Waals surface area contributed by atoms with Crippen molar-refractivity contribution in [3.63, 3.8) is 0 Å². The smallest absolute Gasteiger partial charge is 0.340 e. The first-order valence-electron chi connectivity index (χ1n) is 4.28. The molecule has 0 radical (unpaired) electrons. The van der Waals surface area contributed by atoms with Gasteiger partial charge in [0.2, 0.25) is 0 Å². The van der Waals surface area contributed by atoms with E-state index in [9.17, 15) is 15.0 Å². The van der Waals surface area contributed by atoms with Gasteiger partial charge in [-0.25, -0.2) is 4.79 Å². The maximum absolute atomic E-state index is 10.9. The predicted molar refractivity (Wildman–Crippen MR) is 54.2 cm³/mol. The van der Waals surface area contributed by atoms with Crippen LogP contribution in [0.1, 0.15) is 10.4 Å². The molecule has 0 atom stereocenters. The Labute approximate surface area is 85.0 Å². The SMILES string of the molecule is O=C(O)c1c(O)ccc2cccc(O)c12. The topological polar surface area (TPSA) is 77.8 Å². The Morgan fingerprint density at radius 3 is 2.40 bits per heavy atom. The number of phenols is 2. The summed E-state index contributed by atoms with van der Waals surface area (Å²) in [4.78, 5) is 10.9. The van der Waals surface area contributed by atoms with Gasteiger partial charge in [0.05, 0.1) is 0 Å². The summed E-state index contributed by atoms with van der Waals surface area (Å²) in [6.07, 6.45) is 0. The van der Waals surface area contributed by atoms with Crippen molar-refractivity contribution in [2.24, 2.45) is 0 Å². The largest absolute Gasteiger partial charge is 0.507 e. The zero-order valence-electron chi connectivity index (χ0n) is 7.64. The molecule has 0 saturated carbocycles. The summed E-state index contributed by atoms with van der Waals surface area (Å²) in [7, 11) is 0. The number of hydrogen-bond donors (Lipinski definition) is 3. The van der Waals surface area contributed by atoms with Crippen LogP contribution in [0.25, 0.3) is 10.8 Å². The van der Waals surface area contributed by atoms with E-state index in [4.69, 9.17) is 5.11 Å². The molecular weight excluding hydrogens is 196 g/mol. The second kappa shape index (κ2) is 3.16. The van der Waals surface area contributed by atoms with E-state index in [1.54, 1.807) is 18.2 Å². The molecule has 0 aliphatic rings. The predicted octanol–water partition coefficient (Wildman–Crippen LogP) is 1.95. The average molecular weight is 204 g/mol. The van der Waals surface area contributed by atoms with Crippen LogP contribution in [-0.4, -0.2) is 21.3 Å². The molecule has 3 N–H and O–H groups in total. The van der Waals surface area contributed by atoms with E-state index < -0.39 is 5.97 Å². The second-order valence-electron chi connectivity index (χ2n) is 3.14. The molecule has 4 heteroatoms. The molecule has 15 heavy (non-hydrogen) atoms. The van der Waals surface area contributed by atoms with Crippen LogP contribution in [0.2, 0.25) is 0 Å². The lowest BCUT2D eigenvalue weighted by Gasteiger charge is -2.06. The van der Waals surface area contributed by atoms with Crippen LogP contribution in [0.15, 0.2) is 30.3 Å². The number of carbonyl (C=O) groups is 1. The molecular formula is C11H8O4. The normalized spacial score (nSPS) is 10.4. The van der Waals surface area contributed by atoms with Gasteiger partial charge in [-0.15, -0.1) is 0 Å². The standard InChI is InChI=1S/C11H8O4/c12-7-3-1-2-6-4-5-8(13)10(9(6)7)11(14)15/h1-5,12-13H,(H,14,15). The van der Waals surface area contributed by atoms with Gasteiger partial charge >= 0.3 is 5.97 Å². The number of hydrogen-bond acceptors (Lipinski definition) is 3. The van der Waals surface area contributed by atoms with Gasteiger partial charge in [-0.05, 0) is 17.5 Å². The molecule has 0 unspecified atom stereocenters. The molecule has 4 nitrogen and oxygen atoms in total. The van der Waals surface area contributed by atoms with Gasteiger partial charge in [0.25, 0.3) is 0 Å². The molecule has 2 aromatic rings. The number of aromatic hydroxyl groups is 2. The van der Waals surface area contributed by atoms with Crippen molar-refractivity contribution >= 4 is 16.7 Å². The van der Waals surface area contributed by atoms with Gasteiger partial charge in [-0.3, -0.25) is 0 Å². The third kappa shape index (κ3) is 1.36. The van der Waals surface area contributed by atoms with Crippen molar-refractivity contribution in [3.8, 4) is 11.5 Å². The van der Waals surface area contributed by atoms with E-state index >= 15 is 0 Å². The molecule has 76 valence electrons. The molecule has 0 amide bonds. The Hall–Kier alpha value is -2.23. The Bertz CT molecular complexity index is 546. The molecule has 0 bridgehead atoms. The Kier molecular flexibility index (Phi) is 1.97. The molecule has 0 aromatic heterocycles. The fourth-order valence-electron chi connectivity index (χ4n) is 1.57. The van der Waals surface area contributed by atoms with Crippen LogP contribution in [0.5, 0.6) is 11.5 Å². The first-order valence-corrected chi connectivity index (χ1v) is 4.28. The fourth-order valence-corrected chi connectivity index (χ4v) is 1.57. The summed E-state index contributed by atoms with van der Waals surface area (Å²) in [5.74, 6) is -1.77. The maximum atomic E-state index is 10.9. The third-order valence-electron chi connectivity index (χ3n) is 2.22. The molecule has 0 aliphatic heterocycles. The molecule has 2 rings (SSSR count). The highest BCUT2D eigenvalue weighted by Crippen LogP contribution is 2.33. The quantitative estimate of drug-likeness (QED) is 0.663. The van der Waals surface area contributed by atoms with Crippen LogP contribution in [0.3, 0.4) is 0 Å². The summed E-state index contributed by atoms with van der Waals surface area (Å²) < 4.78 is 0. The number of fused-ring (bicyclic) bond motifs is 1. The van der Waals surface area contributed by atoms with Crippen LogP contribution in [-0.2, 0) is 0 Å². The zero-order chi connectivity index (χ0) is 11.0. The van der Waals surface area contributed by atoms with E-state index in [-0.39, 0.29) is 22.4 Å². The summed E-state index contributed by atoms with van der Waals surface area (Å²) in [5, 5.41) is 28.6. The highest BCUT2D eigenvalue weighted by molar-refractivity contribution is 6.08. The minimum Gasteiger partial charge on any atom is -0.507 e. The van der Waals surface area contributed by atoms with E-state index in [2.05, 4.69) is 0 Å². The van der Waals surface area contributed by atoms with Crippen LogP contribution in [0.4, 0.5) is 0 Å². The lowest BCUT2D eigenvalue weighted by molar-refractivity contribution is 0.0695. The summed E-state index contributed by atoms with van der Waals surface area (Å²) in [6.45, 7) is 0. The molecule has 2 aromatic carbocycles. The number of benzene rings is 2. The van der Waals surface area contributed by atoms with E-state index in [0.29, 0.717) is 5.39 Å². The number of aromatic carboxylic acids is 1. The minimum atomic E-state index is -1.26. The van der Waals surface area contributed by atoms with Crippen LogP contribution < -0.4 is 0 Å². The van der Waals surface area contributed by atoms with Crippen LogP contribution >= 0.6 is 0 Å². The van der Waals surface area contributed by atoms with Gasteiger partial charge in [0.1, 0.15) is 17.1 Å². The minimum absolute atomic E-state index is 0.152. The first kappa shape index (κ1) is 9.33. The third-order valence-corrected chi connectivity index (χ3v) is 2.22. The number of rotatable bonds is 1. The number of carboxylic acids is 1. The van der Waals surface area contributed by atoms with Gasteiger partial charge in [0, 0.05) is 5.39 Å². The van der Waals surface area contributed by atoms with Gasteiger partial charge in [-0.1, -0.05) is 18.2 Å². The van der Waals surface area contributed by atoms with Gasteiger partial charge < -0.3 is 15.3 Å². The van der Waals surface area contributed by atoms with Crippen molar-refractivity contribution in [3.05, 3.63) is 35.9 Å². The molecule has 0 heterocycles. The average Bonchev–Trinajstić information content (AvgIpc) is 2.18. The number of phenolic OH excluding ortho intramolecular Hbond substituents is 1. The highest BCUT2D eigenvalue weighted by Gasteiger charge is 2.16. The van der Waals surface area contributed by atoms with Crippen molar-refractivity contribution < 1.29 is 20.1 Å². The van der Waals surface area contributed by atoms with Crippen LogP contribution in [0, 0.1) is 0 Å². The molecule has 0 spiro atoms. The maximum Gasteiger partial charge on any atom is 0.340 e. The zero-order valence-corrected chi connectivity index (χ0v) is 7.64. The lowest BCUT2D eigenvalue weighted by atomic mass is 10.0. The lowest BCUT2D eigenvalue weighted by Crippen LogP contribution is -1.98. The molecule has 0 aliphatic carbocycles. The van der Waals surface area contributed by atoms with Crippen molar-refractivity contribution in [1.29, 1.82) is 0 Å². The number of carboxylic acid groups (broad SMARTS) is 1. The summed E-state index contributed by atoms with van der Waals surface area (Å²) >= 11 is 0. The van der Waals surface area contributed by atoms with Crippen molar-refractivity contribution in [2.75, 3.05) is 0 Å². The molecule has 0 fully saturated rings. The fraction of sp³-hybridized carbons (Fsp3) is 0. The van der Waals surface area contributed by atoms with E-state index in [0.717, 1.165) is 0 Å². The monoisotopic (exact) mass is 204 g/mol. The van der Waals surface area contributed by atoms with E-state index in [1.807, 2.05) is 0 Å². The molecule has 0 saturated heterocycles. The first-order chi connectivity index (χ1) is 7.11. The Morgan fingerprint density at radius 1 is 1.00 bits per heavy atom. The van der Waals surface area contributed by atoms with Gasteiger partial charge in [0.15, 0.2) is 0 Å². The summed E-state index contributed by atoms with van der Waals surface area (Å²) in [6, 6.07) is 7.51. The Morgan fingerprint density at radius 2 is 1.73 bits per heavy atom. The highest BCUT2D eigenvalue weighted by atomic mass is 16.4. The van der Waals surface area contributed by atoms with Gasteiger partial charge in [-0.2, -0.15) is 0 Å². The van der Waals surface area contributed by atoms with E-state index in [1.165, 1.54) is 12.1 Å². The summed E-state index contributed by atoms with van der Waals surface area (Å²) in [5.41, 5.74) is -0.273.